The van der Waals surface area contributed by atoms with Crippen molar-refractivity contribution in [3.8, 4) is 11.3 Å². The van der Waals surface area contributed by atoms with Crippen molar-refractivity contribution >= 4 is 26.7 Å². The first-order valence-corrected chi connectivity index (χ1v) is 6.66. The van der Waals surface area contributed by atoms with E-state index in [1.54, 1.807) is 0 Å². The van der Waals surface area contributed by atoms with Gasteiger partial charge in [0.1, 0.15) is 0 Å². The molecule has 1 nitrogen and oxygen atoms in total. The van der Waals surface area contributed by atoms with Crippen LogP contribution in [0.5, 0.6) is 0 Å². The molecule has 0 aliphatic rings. The Morgan fingerprint density at radius 1 is 0.944 bits per heavy atom. The molecule has 0 N–H and O–H groups in total. The zero-order chi connectivity index (χ0) is 12.5. The molecular weight excluding hydrogens is 286 g/mol. The van der Waals surface area contributed by atoms with Crippen molar-refractivity contribution in [3.05, 3.63) is 64.8 Å². The van der Waals surface area contributed by atoms with E-state index in [-0.39, 0.29) is 0 Å². The van der Waals surface area contributed by atoms with Crippen LogP contribution in [0.1, 0.15) is 5.69 Å². The van der Waals surface area contributed by atoms with E-state index in [0.29, 0.717) is 0 Å². The molecule has 2 aromatic carbocycles. The molecule has 0 fully saturated rings. The standard InChI is InChI=1S/C16H12BrN/c1-11-10-12-6-2-3-7-13(12)16(18-11)14-8-4-5-9-15(14)17/h2-10H,1H3. The van der Waals surface area contributed by atoms with E-state index < -0.39 is 0 Å². The lowest BCUT2D eigenvalue weighted by Crippen LogP contribution is -1.90. The van der Waals surface area contributed by atoms with Crippen LogP contribution in [0.25, 0.3) is 22.0 Å². The van der Waals surface area contributed by atoms with Crippen molar-refractivity contribution < 1.29 is 0 Å². The van der Waals surface area contributed by atoms with Gasteiger partial charge < -0.3 is 0 Å². The van der Waals surface area contributed by atoms with E-state index in [2.05, 4.69) is 52.3 Å². The molecule has 18 heavy (non-hydrogen) atoms. The Labute approximate surface area is 115 Å². The fourth-order valence-corrected chi connectivity index (χ4v) is 2.66. The summed E-state index contributed by atoms with van der Waals surface area (Å²) in [4.78, 5) is 4.70. The lowest BCUT2D eigenvalue weighted by molar-refractivity contribution is 1.22. The minimum atomic E-state index is 1.04. The maximum atomic E-state index is 4.70. The monoisotopic (exact) mass is 297 g/mol. The van der Waals surface area contributed by atoms with Gasteiger partial charge in [0.05, 0.1) is 5.69 Å². The molecule has 2 heteroatoms. The Morgan fingerprint density at radius 2 is 1.67 bits per heavy atom. The summed E-state index contributed by atoms with van der Waals surface area (Å²) in [5.74, 6) is 0. The lowest BCUT2D eigenvalue weighted by atomic mass is 10.0. The van der Waals surface area contributed by atoms with Gasteiger partial charge in [-0.1, -0.05) is 58.4 Å². The summed E-state index contributed by atoms with van der Waals surface area (Å²) in [5, 5.41) is 2.42. The van der Waals surface area contributed by atoms with E-state index >= 15 is 0 Å². The van der Waals surface area contributed by atoms with Gasteiger partial charge in [0, 0.05) is 21.1 Å². The molecular formula is C16H12BrN. The zero-order valence-electron chi connectivity index (χ0n) is 10.0. The Hall–Kier alpha value is -1.67. The maximum absolute atomic E-state index is 4.70. The molecule has 3 aromatic rings. The second-order valence-corrected chi connectivity index (χ2v) is 5.17. The fraction of sp³-hybridized carbons (Fsp3) is 0.0625. The van der Waals surface area contributed by atoms with Crippen LogP contribution in [0.4, 0.5) is 0 Å². The Balaban J connectivity index is 2.39. The van der Waals surface area contributed by atoms with E-state index in [4.69, 9.17) is 4.98 Å². The second kappa shape index (κ2) is 4.54. The second-order valence-electron chi connectivity index (χ2n) is 4.31. The molecule has 1 heterocycles. The summed E-state index contributed by atoms with van der Waals surface area (Å²) in [6.45, 7) is 2.03. The van der Waals surface area contributed by atoms with Crippen molar-refractivity contribution in [3.63, 3.8) is 0 Å². The van der Waals surface area contributed by atoms with Gasteiger partial charge in [-0.25, -0.2) is 0 Å². The third-order valence-electron chi connectivity index (χ3n) is 3.00. The largest absolute Gasteiger partial charge is 0.252 e. The van der Waals surface area contributed by atoms with Crippen molar-refractivity contribution in [1.29, 1.82) is 0 Å². The molecule has 0 spiro atoms. The smallest absolute Gasteiger partial charge is 0.0794 e. The molecule has 0 aliphatic carbocycles. The van der Waals surface area contributed by atoms with Crippen molar-refractivity contribution in [2.45, 2.75) is 6.92 Å². The first-order chi connectivity index (χ1) is 8.75. The number of fused-ring (bicyclic) bond motifs is 1. The number of hydrogen-bond acceptors (Lipinski definition) is 1. The molecule has 0 radical (unpaired) electrons. The predicted molar refractivity (Wildman–Crippen MR) is 79.6 cm³/mol. The molecule has 0 atom stereocenters. The van der Waals surface area contributed by atoms with Crippen LogP contribution < -0.4 is 0 Å². The minimum absolute atomic E-state index is 1.04. The van der Waals surface area contributed by atoms with Crippen LogP contribution in [0.15, 0.2) is 59.1 Å². The average molecular weight is 298 g/mol. The van der Waals surface area contributed by atoms with E-state index in [0.717, 1.165) is 21.4 Å². The van der Waals surface area contributed by atoms with Gasteiger partial charge in [-0.05, 0) is 24.4 Å². The highest BCUT2D eigenvalue weighted by atomic mass is 79.9. The van der Waals surface area contributed by atoms with Gasteiger partial charge in [-0.2, -0.15) is 0 Å². The summed E-state index contributed by atoms with van der Waals surface area (Å²) >= 11 is 3.60. The first kappa shape index (κ1) is 11.4. The number of aromatic nitrogens is 1. The number of hydrogen-bond donors (Lipinski definition) is 0. The van der Waals surface area contributed by atoms with Gasteiger partial charge in [0.15, 0.2) is 0 Å². The Kier molecular flexibility index (Phi) is 2.88. The van der Waals surface area contributed by atoms with Crippen LogP contribution in [0.3, 0.4) is 0 Å². The van der Waals surface area contributed by atoms with Crippen LogP contribution in [0, 0.1) is 6.92 Å². The number of aryl methyl sites for hydroxylation is 1. The average Bonchev–Trinajstić information content (AvgIpc) is 2.38. The highest BCUT2D eigenvalue weighted by molar-refractivity contribution is 9.10. The van der Waals surface area contributed by atoms with Crippen LogP contribution in [-0.2, 0) is 0 Å². The van der Waals surface area contributed by atoms with E-state index in [1.165, 1.54) is 10.8 Å². The Bertz CT molecular complexity index is 719. The zero-order valence-corrected chi connectivity index (χ0v) is 11.6. The quantitative estimate of drug-likeness (QED) is 0.618. The molecule has 0 bridgehead atoms. The highest BCUT2D eigenvalue weighted by Crippen LogP contribution is 2.32. The number of halogens is 1. The molecule has 88 valence electrons. The minimum Gasteiger partial charge on any atom is -0.252 e. The molecule has 0 saturated carbocycles. The number of pyridine rings is 1. The van der Waals surface area contributed by atoms with Crippen molar-refractivity contribution in [2.75, 3.05) is 0 Å². The molecule has 1 aromatic heterocycles. The van der Waals surface area contributed by atoms with Crippen molar-refractivity contribution in [2.24, 2.45) is 0 Å². The molecule has 0 aliphatic heterocycles. The van der Waals surface area contributed by atoms with Crippen LogP contribution >= 0.6 is 15.9 Å². The van der Waals surface area contributed by atoms with Crippen LogP contribution in [0.2, 0.25) is 0 Å². The first-order valence-electron chi connectivity index (χ1n) is 5.87. The summed E-state index contributed by atoms with van der Waals surface area (Å²) in [7, 11) is 0. The lowest BCUT2D eigenvalue weighted by Gasteiger charge is -2.09. The summed E-state index contributed by atoms with van der Waals surface area (Å²) < 4.78 is 1.08. The number of nitrogens with zero attached hydrogens (tertiary/aromatic N) is 1. The van der Waals surface area contributed by atoms with Crippen LogP contribution in [-0.4, -0.2) is 4.98 Å². The number of rotatable bonds is 1. The van der Waals surface area contributed by atoms with Gasteiger partial charge in [0.2, 0.25) is 0 Å². The summed E-state index contributed by atoms with van der Waals surface area (Å²) in [6, 6.07) is 18.7. The van der Waals surface area contributed by atoms with Gasteiger partial charge in [-0.3, -0.25) is 4.98 Å². The fourth-order valence-electron chi connectivity index (χ4n) is 2.19. The topological polar surface area (TPSA) is 12.9 Å². The highest BCUT2D eigenvalue weighted by Gasteiger charge is 2.08. The summed E-state index contributed by atoms with van der Waals surface area (Å²) in [5.41, 5.74) is 3.22. The predicted octanol–water partition coefficient (Wildman–Crippen LogP) is 4.97. The SMILES string of the molecule is Cc1cc2ccccc2c(-c2ccccc2Br)n1. The van der Waals surface area contributed by atoms with Crippen molar-refractivity contribution in [1.82, 2.24) is 4.98 Å². The van der Waals surface area contributed by atoms with Gasteiger partial charge in [0.25, 0.3) is 0 Å². The summed E-state index contributed by atoms with van der Waals surface area (Å²) in [6.07, 6.45) is 0. The molecule has 0 saturated heterocycles. The number of benzene rings is 2. The molecule has 0 unspecified atom stereocenters. The molecule has 3 rings (SSSR count). The van der Waals surface area contributed by atoms with Gasteiger partial charge >= 0.3 is 0 Å². The van der Waals surface area contributed by atoms with E-state index in [9.17, 15) is 0 Å². The normalized spacial score (nSPS) is 10.8. The Morgan fingerprint density at radius 3 is 2.50 bits per heavy atom. The third-order valence-corrected chi connectivity index (χ3v) is 3.69. The third kappa shape index (κ3) is 1.93. The van der Waals surface area contributed by atoms with Gasteiger partial charge in [-0.15, -0.1) is 0 Å². The maximum Gasteiger partial charge on any atom is 0.0794 e. The molecule has 0 amide bonds. The van der Waals surface area contributed by atoms with E-state index in [1.807, 2.05) is 25.1 Å².